The molecule has 1 atom stereocenters. The third-order valence-electron chi connectivity index (χ3n) is 1.98. The Bertz CT molecular complexity index is 316. The van der Waals surface area contributed by atoms with E-state index in [0.717, 1.165) is 0 Å². The number of benzene rings is 1. The first kappa shape index (κ1) is 12.6. The smallest absolute Gasteiger partial charge is 0.139 e. The van der Waals surface area contributed by atoms with E-state index in [1.165, 1.54) is 0 Å². The van der Waals surface area contributed by atoms with E-state index in [9.17, 15) is 0 Å². The molecule has 1 aromatic rings. The minimum atomic E-state index is -0.111. The maximum atomic E-state index is 8.93. The van der Waals surface area contributed by atoms with Crippen LogP contribution in [-0.4, -0.2) is 31.4 Å². The van der Waals surface area contributed by atoms with Gasteiger partial charge in [0.2, 0.25) is 0 Å². The summed E-state index contributed by atoms with van der Waals surface area (Å²) in [5, 5.41) is 12.7. The van der Waals surface area contributed by atoms with Gasteiger partial charge in [0.1, 0.15) is 17.4 Å². The Morgan fingerprint density at radius 2 is 2.20 bits per heavy atom. The van der Waals surface area contributed by atoms with Crippen molar-refractivity contribution in [1.82, 2.24) is 5.32 Å². The summed E-state index contributed by atoms with van der Waals surface area (Å²) in [4.78, 5) is 0. The maximum Gasteiger partial charge on any atom is 0.139 e. The monoisotopic (exact) mass is 249 g/mol. The number of aliphatic hydroxyl groups excluding tert-OH is 1. The van der Waals surface area contributed by atoms with Crippen LogP contribution in [0.2, 0.25) is 10.0 Å². The van der Waals surface area contributed by atoms with Crippen molar-refractivity contribution < 1.29 is 9.84 Å². The zero-order chi connectivity index (χ0) is 11.3. The highest BCUT2D eigenvalue weighted by Gasteiger charge is 2.08. The molecule has 0 heterocycles. The summed E-state index contributed by atoms with van der Waals surface area (Å²) in [6, 6.07) is 5.08. The molecule has 3 nitrogen and oxygen atoms in total. The minimum absolute atomic E-state index is 0.00862. The number of rotatable bonds is 5. The molecule has 0 aliphatic rings. The number of ether oxygens (including phenoxy) is 1. The Balaban J connectivity index is 2.61. The van der Waals surface area contributed by atoms with Crippen molar-refractivity contribution >= 4 is 23.2 Å². The van der Waals surface area contributed by atoms with Crippen molar-refractivity contribution in [1.29, 1.82) is 0 Å². The zero-order valence-electron chi connectivity index (χ0n) is 8.34. The van der Waals surface area contributed by atoms with Gasteiger partial charge in [-0.3, -0.25) is 0 Å². The molecule has 1 rings (SSSR count). The Hall–Kier alpha value is -0.480. The average molecular weight is 250 g/mol. The van der Waals surface area contributed by atoms with Crippen LogP contribution in [0, 0.1) is 0 Å². The van der Waals surface area contributed by atoms with E-state index in [4.69, 9.17) is 33.0 Å². The van der Waals surface area contributed by atoms with Gasteiger partial charge in [0.05, 0.1) is 17.7 Å². The molecule has 5 heteroatoms. The number of hydrogen-bond acceptors (Lipinski definition) is 3. The fourth-order valence-electron chi connectivity index (χ4n) is 1.01. The standard InChI is InChI=1S/C10H13Cl2NO2/c1-13-7(5-14)6-15-9-4-2-3-8(11)10(9)12/h2-4,7,13-14H,5-6H2,1H3. The molecule has 0 spiro atoms. The number of hydrogen-bond donors (Lipinski definition) is 2. The van der Waals surface area contributed by atoms with Crippen LogP contribution < -0.4 is 10.1 Å². The van der Waals surface area contributed by atoms with E-state index in [1.54, 1.807) is 25.2 Å². The minimum Gasteiger partial charge on any atom is -0.490 e. The molecule has 0 saturated carbocycles. The second-order valence-corrected chi connectivity index (χ2v) is 3.82. The second kappa shape index (κ2) is 6.18. The Morgan fingerprint density at radius 3 is 2.80 bits per heavy atom. The van der Waals surface area contributed by atoms with Crippen molar-refractivity contribution in [2.75, 3.05) is 20.3 Å². The van der Waals surface area contributed by atoms with Crippen LogP contribution in [0.1, 0.15) is 0 Å². The molecular weight excluding hydrogens is 237 g/mol. The molecule has 0 aliphatic carbocycles. The van der Waals surface area contributed by atoms with Gasteiger partial charge in [0.15, 0.2) is 0 Å². The third-order valence-corrected chi connectivity index (χ3v) is 2.79. The van der Waals surface area contributed by atoms with Crippen molar-refractivity contribution in [3.05, 3.63) is 28.2 Å². The summed E-state index contributed by atoms with van der Waals surface area (Å²) >= 11 is 11.7. The molecule has 0 aliphatic heterocycles. The zero-order valence-corrected chi connectivity index (χ0v) is 9.85. The molecule has 15 heavy (non-hydrogen) atoms. The predicted molar refractivity (Wildman–Crippen MR) is 61.9 cm³/mol. The Kier molecular flexibility index (Phi) is 5.19. The topological polar surface area (TPSA) is 41.5 Å². The fourth-order valence-corrected chi connectivity index (χ4v) is 1.36. The lowest BCUT2D eigenvalue weighted by Crippen LogP contribution is -2.35. The number of halogens is 2. The van der Waals surface area contributed by atoms with Gasteiger partial charge in [-0.25, -0.2) is 0 Å². The molecule has 0 aromatic heterocycles. The summed E-state index contributed by atoms with van der Waals surface area (Å²) in [6.07, 6.45) is 0. The van der Waals surface area contributed by atoms with Gasteiger partial charge in [-0.2, -0.15) is 0 Å². The van der Waals surface area contributed by atoms with E-state index in [-0.39, 0.29) is 12.6 Å². The molecule has 2 N–H and O–H groups in total. The molecule has 84 valence electrons. The average Bonchev–Trinajstić information content (AvgIpc) is 2.25. The lowest BCUT2D eigenvalue weighted by atomic mass is 10.3. The number of aliphatic hydroxyl groups is 1. The molecule has 0 radical (unpaired) electrons. The summed E-state index contributed by atoms with van der Waals surface area (Å²) in [6.45, 7) is 0.349. The lowest BCUT2D eigenvalue weighted by Gasteiger charge is -2.15. The SMILES string of the molecule is CNC(CO)COc1cccc(Cl)c1Cl. The van der Waals surface area contributed by atoms with E-state index < -0.39 is 0 Å². The number of likely N-dealkylation sites (N-methyl/N-ethyl adjacent to an activating group) is 1. The van der Waals surface area contributed by atoms with Crippen LogP contribution in [0.25, 0.3) is 0 Å². The van der Waals surface area contributed by atoms with Gasteiger partial charge < -0.3 is 15.2 Å². The maximum absolute atomic E-state index is 8.93. The summed E-state index contributed by atoms with van der Waals surface area (Å²) in [5.41, 5.74) is 0. The van der Waals surface area contributed by atoms with E-state index in [2.05, 4.69) is 5.32 Å². The predicted octanol–water partition coefficient (Wildman–Crippen LogP) is 1.95. The lowest BCUT2D eigenvalue weighted by molar-refractivity contribution is 0.189. The fraction of sp³-hybridized carbons (Fsp3) is 0.400. The molecule has 1 aromatic carbocycles. The third kappa shape index (κ3) is 3.54. The Labute approximate surface area is 99.0 Å². The largest absolute Gasteiger partial charge is 0.490 e. The first-order valence-corrected chi connectivity index (χ1v) is 5.29. The van der Waals surface area contributed by atoms with E-state index in [1.807, 2.05) is 0 Å². The van der Waals surface area contributed by atoms with Gasteiger partial charge >= 0.3 is 0 Å². The van der Waals surface area contributed by atoms with Crippen LogP contribution in [0.15, 0.2) is 18.2 Å². The molecule has 0 bridgehead atoms. The molecule has 1 unspecified atom stereocenters. The van der Waals surface area contributed by atoms with Crippen LogP contribution in [0.3, 0.4) is 0 Å². The van der Waals surface area contributed by atoms with Crippen LogP contribution >= 0.6 is 23.2 Å². The van der Waals surface area contributed by atoms with Crippen LogP contribution in [0.5, 0.6) is 5.75 Å². The summed E-state index contributed by atoms with van der Waals surface area (Å²) in [7, 11) is 1.75. The van der Waals surface area contributed by atoms with Crippen molar-refractivity contribution in [2.24, 2.45) is 0 Å². The molecule has 0 fully saturated rings. The van der Waals surface area contributed by atoms with Crippen LogP contribution in [0.4, 0.5) is 0 Å². The molecule has 0 amide bonds. The highest BCUT2D eigenvalue weighted by molar-refractivity contribution is 6.42. The first-order valence-electron chi connectivity index (χ1n) is 4.54. The van der Waals surface area contributed by atoms with Crippen molar-refractivity contribution in [2.45, 2.75) is 6.04 Å². The van der Waals surface area contributed by atoms with Gasteiger partial charge in [0.25, 0.3) is 0 Å². The summed E-state index contributed by atoms with van der Waals surface area (Å²) in [5.74, 6) is 0.526. The highest BCUT2D eigenvalue weighted by atomic mass is 35.5. The molecular formula is C10H13Cl2NO2. The normalized spacial score (nSPS) is 12.5. The van der Waals surface area contributed by atoms with Crippen LogP contribution in [-0.2, 0) is 0 Å². The Morgan fingerprint density at radius 1 is 1.47 bits per heavy atom. The highest BCUT2D eigenvalue weighted by Crippen LogP contribution is 2.31. The molecule has 0 saturated heterocycles. The van der Waals surface area contributed by atoms with Crippen molar-refractivity contribution in [3.8, 4) is 5.75 Å². The summed E-state index contributed by atoms with van der Waals surface area (Å²) < 4.78 is 5.42. The first-order chi connectivity index (χ1) is 7.19. The quantitative estimate of drug-likeness (QED) is 0.839. The van der Waals surface area contributed by atoms with Crippen molar-refractivity contribution in [3.63, 3.8) is 0 Å². The number of nitrogens with one attached hydrogen (secondary N) is 1. The van der Waals surface area contributed by atoms with E-state index in [0.29, 0.717) is 22.4 Å². The van der Waals surface area contributed by atoms with E-state index >= 15 is 0 Å². The van der Waals surface area contributed by atoms with Gasteiger partial charge in [-0.05, 0) is 19.2 Å². The van der Waals surface area contributed by atoms with Gasteiger partial charge in [-0.1, -0.05) is 29.3 Å². The van der Waals surface area contributed by atoms with Gasteiger partial charge in [-0.15, -0.1) is 0 Å². The van der Waals surface area contributed by atoms with Gasteiger partial charge in [0, 0.05) is 0 Å². The second-order valence-electron chi connectivity index (χ2n) is 3.03.